The largest absolute Gasteiger partial charge is 0.409 e. The first-order chi connectivity index (χ1) is 6.29. The lowest BCUT2D eigenvalue weighted by molar-refractivity contribution is 0.318. The Balaban J connectivity index is 3.04. The van der Waals surface area contributed by atoms with Gasteiger partial charge in [0.05, 0.1) is 0 Å². The van der Waals surface area contributed by atoms with Gasteiger partial charge in [-0.05, 0) is 11.8 Å². The zero-order chi connectivity index (χ0) is 9.68. The van der Waals surface area contributed by atoms with E-state index in [0.717, 1.165) is 16.9 Å². The summed E-state index contributed by atoms with van der Waals surface area (Å²) in [5.74, 6) is 1.04. The monoisotopic (exact) mass is 196 g/mol. The van der Waals surface area contributed by atoms with E-state index in [2.05, 4.69) is 5.16 Å². The maximum Gasteiger partial charge on any atom is 0.170 e. The zero-order valence-electron chi connectivity index (χ0n) is 7.40. The SMILES string of the molecule is CSCc1ccccc1/C(N)=N/O. The molecule has 0 spiro atoms. The Morgan fingerprint density at radius 1 is 1.54 bits per heavy atom. The summed E-state index contributed by atoms with van der Waals surface area (Å²) in [6, 6.07) is 7.64. The van der Waals surface area contributed by atoms with Crippen molar-refractivity contribution in [1.82, 2.24) is 0 Å². The van der Waals surface area contributed by atoms with Gasteiger partial charge in [-0.25, -0.2) is 0 Å². The fourth-order valence-corrected chi connectivity index (χ4v) is 1.67. The van der Waals surface area contributed by atoms with E-state index >= 15 is 0 Å². The summed E-state index contributed by atoms with van der Waals surface area (Å²) >= 11 is 1.70. The average Bonchev–Trinajstić information content (AvgIpc) is 2.18. The first-order valence-corrected chi connectivity index (χ1v) is 5.23. The summed E-state index contributed by atoms with van der Waals surface area (Å²) in [5, 5.41) is 11.5. The quantitative estimate of drug-likeness (QED) is 0.334. The number of nitrogens with zero attached hydrogens (tertiary/aromatic N) is 1. The van der Waals surface area contributed by atoms with Crippen molar-refractivity contribution >= 4 is 17.6 Å². The van der Waals surface area contributed by atoms with Crippen LogP contribution in [0.2, 0.25) is 0 Å². The van der Waals surface area contributed by atoms with Gasteiger partial charge in [0.15, 0.2) is 5.84 Å². The van der Waals surface area contributed by atoms with Crippen LogP contribution in [0.15, 0.2) is 29.4 Å². The van der Waals surface area contributed by atoms with Crippen LogP contribution in [-0.2, 0) is 5.75 Å². The second-order valence-electron chi connectivity index (χ2n) is 2.58. The predicted molar refractivity (Wildman–Crippen MR) is 56.2 cm³/mol. The van der Waals surface area contributed by atoms with Crippen molar-refractivity contribution in [3.05, 3.63) is 35.4 Å². The molecule has 0 aromatic heterocycles. The van der Waals surface area contributed by atoms with Gasteiger partial charge >= 0.3 is 0 Å². The van der Waals surface area contributed by atoms with Crippen LogP contribution in [0.5, 0.6) is 0 Å². The molecule has 1 rings (SSSR count). The summed E-state index contributed by atoms with van der Waals surface area (Å²) in [5.41, 5.74) is 7.41. The van der Waals surface area contributed by atoms with E-state index in [4.69, 9.17) is 10.9 Å². The molecule has 1 aromatic rings. The number of amidine groups is 1. The Morgan fingerprint density at radius 2 is 2.23 bits per heavy atom. The van der Waals surface area contributed by atoms with E-state index in [1.807, 2.05) is 30.5 Å². The zero-order valence-corrected chi connectivity index (χ0v) is 8.21. The van der Waals surface area contributed by atoms with Crippen LogP contribution in [-0.4, -0.2) is 17.3 Å². The van der Waals surface area contributed by atoms with Crippen molar-refractivity contribution in [2.24, 2.45) is 10.9 Å². The van der Waals surface area contributed by atoms with E-state index < -0.39 is 0 Å². The lowest BCUT2D eigenvalue weighted by Gasteiger charge is -2.05. The molecule has 0 heterocycles. The molecule has 70 valence electrons. The third-order valence-electron chi connectivity index (χ3n) is 1.70. The summed E-state index contributed by atoms with van der Waals surface area (Å²) in [6.07, 6.45) is 2.02. The molecule has 0 aliphatic rings. The average molecular weight is 196 g/mol. The smallest absolute Gasteiger partial charge is 0.170 e. The third-order valence-corrected chi connectivity index (χ3v) is 2.30. The van der Waals surface area contributed by atoms with Crippen LogP contribution >= 0.6 is 11.8 Å². The van der Waals surface area contributed by atoms with Crippen molar-refractivity contribution in [2.75, 3.05) is 6.26 Å². The van der Waals surface area contributed by atoms with Gasteiger partial charge in [0.25, 0.3) is 0 Å². The molecule has 3 N–H and O–H groups in total. The van der Waals surface area contributed by atoms with E-state index in [0.29, 0.717) is 0 Å². The van der Waals surface area contributed by atoms with Gasteiger partial charge in [-0.15, -0.1) is 0 Å². The minimum absolute atomic E-state index is 0.171. The minimum atomic E-state index is 0.171. The Labute approximate surface area is 81.6 Å². The number of oxime groups is 1. The molecular formula is C9H12N2OS. The Bertz CT molecular complexity index is 312. The van der Waals surface area contributed by atoms with Crippen LogP contribution < -0.4 is 5.73 Å². The lowest BCUT2D eigenvalue weighted by Crippen LogP contribution is -2.15. The summed E-state index contributed by atoms with van der Waals surface area (Å²) in [6.45, 7) is 0. The van der Waals surface area contributed by atoms with Crippen molar-refractivity contribution in [3.63, 3.8) is 0 Å². The molecular weight excluding hydrogens is 184 g/mol. The highest BCUT2D eigenvalue weighted by atomic mass is 32.2. The molecule has 0 aliphatic carbocycles. The number of benzene rings is 1. The number of thioether (sulfide) groups is 1. The molecule has 0 saturated carbocycles. The first kappa shape index (κ1) is 9.92. The normalized spacial score (nSPS) is 11.6. The van der Waals surface area contributed by atoms with E-state index in [1.54, 1.807) is 11.8 Å². The van der Waals surface area contributed by atoms with E-state index in [9.17, 15) is 0 Å². The molecule has 0 radical (unpaired) electrons. The number of hydrogen-bond acceptors (Lipinski definition) is 3. The fourth-order valence-electron chi connectivity index (χ4n) is 1.11. The Kier molecular flexibility index (Phi) is 3.64. The number of hydrogen-bond donors (Lipinski definition) is 2. The molecule has 0 fully saturated rings. The maximum absolute atomic E-state index is 8.54. The molecule has 4 heteroatoms. The summed E-state index contributed by atoms with van der Waals surface area (Å²) in [4.78, 5) is 0. The molecule has 0 saturated heterocycles. The lowest BCUT2D eigenvalue weighted by atomic mass is 10.1. The third kappa shape index (κ3) is 2.39. The van der Waals surface area contributed by atoms with Crippen LogP contribution in [0.4, 0.5) is 0 Å². The molecule has 3 nitrogen and oxygen atoms in total. The fraction of sp³-hybridized carbons (Fsp3) is 0.222. The van der Waals surface area contributed by atoms with Gasteiger partial charge in [-0.2, -0.15) is 11.8 Å². The highest BCUT2D eigenvalue weighted by molar-refractivity contribution is 7.97. The van der Waals surface area contributed by atoms with Crippen LogP contribution in [0.3, 0.4) is 0 Å². The topological polar surface area (TPSA) is 58.6 Å². The molecule has 0 bridgehead atoms. The molecule has 0 atom stereocenters. The highest BCUT2D eigenvalue weighted by Crippen LogP contribution is 2.14. The molecule has 0 aliphatic heterocycles. The summed E-state index contributed by atoms with van der Waals surface area (Å²) in [7, 11) is 0. The Morgan fingerprint density at radius 3 is 2.85 bits per heavy atom. The van der Waals surface area contributed by atoms with Gasteiger partial charge in [0.2, 0.25) is 0 Å². The van der Waals surface area contributed by atoms with Crippen molar-refractivity contribution in [2.45, 2.75) is 5.75 Å². The van der Waals surface area contributed by atoms with Crippen molar-refractivity contribution < 1.29 is 5.21 Å². The molecule has 0 amide bonds. The van der Waals surface area contributed by atoms with Gasteiger partial charge < -0.3 is 10.9 Å². The highest BCUT2D eigenvalue weighted by Gasteiger charge is 2.04. The van der Waals surface area contributed by atoms with Crippen molar-refractivity contribution in [3.8, 4) is 0 Å². The standard InChI is InChI=1S/C9H12N2OS/c1-13-6-7-4-2-3-5-8(7)9(10)11-12/h2-5,12H,6H2,1H3,(H2,10,11). The summed E-state index contributed by atoms with van der Waals surface area (Å²) < 4.78 is 0. The van der Waals surface area contributed by atoms with Crippen LogP contribution in [0, 0.1) is 0 Å². The Hall–Kier alpha value is -1.16. The predicted octanol–water partition coefficient (Wildman–Crippen LogP) is 1.64. The van der Waals surface area contributed by atoms with Crippen molar-refractivity contribution in [1.29, 1.82) is 0 Å². The van der Waals surface area contributed by atoms with Gasteiger partial charge in [-0.3, -0.25) is 0 Å². The molecule has 13 heavy (non-hydrogen) atoms. The molecule has 1 aromatic carbocycles. The van der Waals surface area contributed by atoms with E-state index in [-0.39, 0.29) is 5.84 Å². The second-order valence-corrected chi connectivity index (χ2v) is 3.44. The van der Waals surface area contributed by atoms with Gasteiger partial charge in [-0.1, -0.05) is 29.4 Å². The number of rotatable bonds is 3. The minimum Gasteiger partial charge on any atom is -0.409 e. The molecule has 0 unspecified atom stereocenters. The van der Waals surface area contributed by atoms with Gasteiger partial charge in [0, 0.05) is 11.3 Å². The number of nitrogens with two attached hydrogens (primary N) is 1. The second kappa shape index (κ2) is 4.77. The van der Waals surface area contributed by atoms with E-state index in [1.165, 1.54) is 0 Å². The van der Waals surface area contributed by atoms with Crippen LogP contribution in [0.1, 0.15) is 11.1 Å². The van der Waals surface area contributed by atoms with Gasteiger partial charge in [0.1, 0.15) is 0 Å². The first-order valence-electron chi connectivity index (χ1n) is 3.84. The maximum atomic E-state index is 8.54. The van der Waals surface area contributed by atoms with Crippen LogP contribution in [0.25, 0.3) is 0 Å².